The molecule has 0 aromatic heterocycles. The first-order valence-electron chi connectivity index (χ1n) is 3.92. The van der Waals surface area contributed by atoms with Crippen molar-refractivity contribution >= 4 is 12.4 Å². The average molecular weight is 156 g/mol. The van der Waals surface area contributed by atoms with Gasteiger partial charge in [-0.25, -0.2) is 0 Å². The van der Waals surface area contributed by atoms with Gasteiger partial charge in [0.1, 0.15) is 0 Å². The Balaban J connectivity index is 3.78. The Morgan fingerprint density at radius 3 is 2.18 bits per heavy atom. The SMILES string of the molecule is CCC(CC=N)C(O)CC=N. The fourth-order valence-corrected chi connectivity index (χ4v) is 1.06. The van der Waals surface area contributed by atoms with E-state index in [1.165, 1.54) is 12.4 Å². The highest BCUT2D eigenvalue weighted by atomic mass is 16.3. The van der Waals surface area contributed by atoms with Crippen LogP contribution in [0.5, 0.6) is 0 Å². The van der Waals surface area contributed by atoms with Crippen LogP contribution in [0.4, 0.5) is 0 Å². The van der Waals surface area contributed by atoms with Crippen LogP contribution in [0.3, 0.4) is 0 Å². The van der Waals surface area contributed by atoms with Crippen LogP contribution in [0, 0.1) is 16.7 Å². The highest BCUT2D eigenvalue weighted by Crippen LogP contribution is 2.13. The van der Waals surface area contributed by atoms with Crippen LogP contribution in [0.25, 0.3) is 0 Å². The van der Waals surface area contributed by atoms with Gasteiger partial charge in [0.15, 0.2) is 0 Å². The molecule has 0 saturated carbocycles. The number of aliphatic hydroxyl groups excluding tert-OH is 1. The third-order valence-corrected chi connectivity index (χ3v) is 1.85. The number of rotatable bonds is 6. The summed E-state index contributed by atoms with van der Waals surface area (Å²) in [6, 6.07) is 0. The molecule has 3 nitrogen and oxygen atoms in total. The van der Waals surface area contributed by atoms with Crippen molar-refractivity contribution < 1.29 is 5.11 Å². The summed E-state index contributed by atoms with van der Waals surface area (Å²) >= 11 is 0. The molecule has 11 heavy (non-hydrogen) atoms. The Bertz CT molecular complexity index is 125. The van der Waals surface area contributed by atoms with Gasteiger partial charge in [-0.15, -0.1) is 0 Å². The van der Waals surface area contributed by atoms with Crippen molar-refractivity contribution in [2.24, 2.45) is 5.92 Å². The normalized spacial score (nSPS) is 15.5. The van der Waals surface area contributed by atoms with Crippen LogP contribution in [-0.4, -0.2) is 23.6 Å². The van der Waals surface area contributed by atoms with E-state index in [0.29, 0.717) is 12.8 Å². The van der Waals surface area contributed by atoms with Gasteiger partial charge in [-0.2, -0.15) is 0 Å². The van der Waals surface area contributed by atoms with E-state index in [1.54, 1.807) is 0 Å². The second kappa shape index (κ2) is 6.04. The smallest absolute Gasteiger partial charge is 0.0620 e. The van der Waals surface area contributed by atoms with Gasteiger partial charge in [0, 0.05) is 6.42 Å². The number of hydrogen-bond donors (Lipinski definition) is 3. The Hall–Kier alpha value is -0.700. The van der Waals surface area contributed by atoms with E-state index in [0.717, 1.165) is 6.42 Å². The van der Waals surface area contributed by atoms with Crippen molar-refractivity contribution in [2.75, 3.05) is 0 Å². The molecule has 0 radical (unpaired) electrons. The van der Waals surface area contributed by atoms with E-state index in [-0.39, 0.29) is 5.92 Å². The van der Waals surface area contributed by atoms with Crippen LogP contribution >= 0.6 is 0 Å². The topological polar surface area (TPSA) is 67.9 Å². The van der Waals surface area contributed by atoms with Gasteiger partial charge < -0.3 is 15.9 Å². The van der Waals surface area contributed by atoms with E-state index in [2.05, 4.69) is 0 Å². The summed E-state index contributed by atoms with van der Waals surface area (Å²) in [6.45, 7) is 1.99. The monoisotopic (exact) mass is 156 g/mol. The molecule has 0 saturated heterocycles. The quantitative estimate of drug-likeness (QED) is 0.500. The van der Waals surface area contributed by atoms with Gasteiger partial charge in [0.25, 0.3) is 0 Å². The van der Waals surface area contributed by atoms with E-state index in [1.807, 2.05) is 6.92 Å². The highest BCUT2D eigenvalue weighted by Gasteiger charge is 2.14. The summed E-state index contributed by atoms with van der Waals surface area (Å²) in [5, 5.41) is 23.0. The second-order valence-corrected chi connectivity index (χ2v) is 2.62. The minimum atomic E-state index is -0.445. The molecule has 0 spiro atoms. The minimum Gasteiger partial charge on any atom is -0.392 e. The van der Waals surface area contributed by atoms with Crippen LogP contribution in [0.1, 0.15) is 26.2 Å². The maximum absolute atomic E-state index is 9.39. The molecule has 3 heteroatoms. The third-order valence-electron chi connectivity index (χ3n) is 1.85. The lowest BCUT2D eigenvalue weighted by atomic mass is 9.94. The summed E-state index contributed by atoms with van der Waals surface area (Å²) in [6.07, 6.45) is 3.99. The largest absolute Gasteiger partial charge is 0.392 e. The molecule has 0 heterocycles. The first-order valence-corrected chi connectivity index (χ1v) is 3.92. The predicted octanol–water partition coefficient (Wildman–Crippen LogP) is 1.45. The summed E-state index contributed by atoms with van der Waals surface area (Å²) in [4.78, 5) is 0. The van der Waals surface area contributed by atoms with Crippen molar-refractivity contribution in [1.82, 2.24) is 0 Å². The Morgan fingerprint density at radius 2 is 1.82 bits per heavy atom. The zero-order valence-corrected chi connectivity index (χ0v) is 6.88. The predicted molar refractivity (Wildman–Crippen MR) is 46.6 cm³/mol. The Kier molecular flexibility index (Phi) is 5.65. The molecule has 64 valence electrons. The van der Waals surface area contributed by atoms with Crippen molar-refractivity contribution in [3.05, 3.63) is 0 Å². The maximum atomic E-state index is 9.39. The molecule has 0 bridgehead atoms. The molecule has 0 aliphatic heterocycles. The fourth-order valence-electron chi connectivity index (χ4n) is 1.06. The van der Waals surface area contributed by atoms with E-state index < -0.39 is 6.10 Å². The van der Waals surface area contributed by atoms with Gasteiger partial charge in [-0.05, 0) is 24.8 Å². The Labute approximate surface area is 67.5 Å². The maximum Gasteiger partial charge on any atom is 0.0620 e. The lowest BCUT2D eigenvalue weighted by molar-refractivity contribution is 0.117. The van der Waals surface area contributed by atoms with Gasteiger partial charge >= 0.3 is 0 Å². The number of hydrogen-bond acceptors (Lipinski definition) is 3. The minimum absolute atomic E-state index is 0.147. The lowest BCUT2D eigenvalue weighted by Crippen LogP contribution is -2.20. The zero-order chi connectivity index (χ0) is 8.69. The molecular formula is C8H16N2O. The summed E-state index contributed by atoms with van der Waals surface area (Å²) < 4.78 is 0. The van der Waals surface area contributed by atoms with Crippen LogP contribution < -0.4 is 0 Å². The molecule has 0 amide bonds. The molecule has 3 N–H and O–H groups in total. The van der Waals surface area contributed by atoms with Gasteiger partial charge in [-0.3, -0.25) is 0 Å². The summed E-state index contributed by atoms with van der Waals surface area (Å²) in [7, 11) is 0. The van der Waals surface area contributed by atoms with Crippen LogP contribution in [0.15, 0.2) is 0 Å². The second-order valence-electron chi connectivity index (χ2n) is 2.62. The zero-order valence-electron chi connectivity index (χ0n) is 6.88. The van der Waals surface area contributed by atoms with Gasteiger partial charge in [0.05, 0.1) is 6.10 Å². The van der Waals surface area contributed by atoms with Crippen LogP contribution in [-0.2, 0) is 0 Å². The molecule has 0 aromatic rings. The number of aliphatic hydroxyl groups is 1. The Morgan fingerprint density at radius 1 is 1.27 bits per heavy atom. The first-order chi connectivity index (χ1) is 5.26. The molecular weight excluding hydrogens is 140 g/mol. The van der Waals surface area contributed by atoms with E-state index in [4.69, 9.17) is 10.8 Å². The lowest BCUT2D eigenvalue weighted by Gasteiger charge is -2.17. The van der Waals surface area contributed by atoms with E-state index in [9.17, 15) is 5.11 Å². The molecule has 0 rings (SSSR count). The highest BCUT2D eigenvalue weighted by molar-refractivity contribution is 5.55. The average Bonchev–Trinajstić information content (AvgIpc) is 2.00. The molecule has 2 atom stereocenters. The van der Waals surface area contributed by atoms with Gasteiger partial charge in [-0.1, -0.05) is 13.3 Å². The number of nitrogens with one attached hydrogen (secondary N) is 2. The standard InChI is InChI=1S/C8H16N2O/c1-2-7(3-5-9)8(11)4-6-10/h5-11H,2-4H2,1H3. The summed E-state index contributed by atoms with van der Waals surface area (Å²) in [5.74, 6) is 0.147. The van der Waals surface area contributed by atoms with Crippen LogP contribution in [0.2, 0.25) is 0 Å². The first kappa shape index (κ1) is 10.3. The van der Waals surface area contributed by atoms with Crippen molar-refractivity contribution in [2.45, 2.75) is 32.3 Å². The molecule has 2 unspecified atom stereocenters. The molecule has 0 fully saturated rings. The summed E-state index contributed by atoms with van der Waals surface area (Å²) in [5.41, 5.74) is 0. The van der Waals surface area contributed by atoms with Crippen molar-refractivity contribution in [3.8, 4) is 0 Å². The molecule has 0 aliphatic rings. The van der Waals surface area contributed by atoms with Gasteiger partial charge in [0.2, 0.25) is 0 Å². The fraction of sp³-hybridized carbons (Fsp3) is 0.750. The van der Waals surface area contributed by atoms with E-state index >= 15 is 0 Å². The molecule has 0 aromatic carbocycles. The van der Waals surface area contributed by atoms with Crippen molar-refractivity contribution in [1.29, 1.82) is 10.8 Å². The van der Waals surface area contributed by atoms with Crippen molar-refractivity contribution in [3.63, 3.8) is 0 Å². The molecule has 0 aliphatic carbocycles. The third kappa shape index (κ3) is 3.88.